The van der Waals surface area contributed by atoms with Crippen molar-refractivity contribution in [1.29, 1.82) is 0 Å². The summed E-state index contributed by atoms with van der Waals surface area (Å²) in [5.74, 6) is 1.16. The molecule has 1 saturated carbocycles. The second kappa shape index (κ2) is 5.54. The van der Waals surface area contributed by atoms with Crippen molar-refractivity contribution in [2.45, 2.75) is 32.1 Å². The SMILES string of the molecule is CN(CCc1nccn1C)CC1(c2ccccc2)CC1(C)C. The highest BCUT2D eigenvalue weighted by Gasteiger charge is 2.61. The number of benzene rings is 1. The number of hydrogen-bond donors (Lipinski definition) is 0. The van der Waals surface area contributed by atoms with Gasteiger partial charge in [0.05, 0.1) is 0 Å². The van der Waals surface area contributed by atoms with Crippen molar-refractivity contribution in [3.05, 3.63) is 54.1 Å². The van der Waals surface area contributed by atoms with Gasteiger partial charge in [0.15, 0.2) is 0 Å². The van der Waals surface area contributed by atoms with Gasteiger partial charge < -0.3 is 9.47 Å². The lowest BCUT2D eigenvalue weighted by atomic mass is 9.87. The molecule has 1 aliphatic carbocycles. The summed E-state index contributed by atoms with van der Waals surface area (Å²) < 4.78 is 2.11. The summed E-state index contributed by atoms with van der Waals surface area (Å²) in [6, 6.07) is 11.0. The van der Waals surface area contributed by atoms with Gasteiger partial charge >= 0.3 is 0 Å². The molecule has 0 amide bonds. The summed E-state index contributed by atoms with van der Waals surface area (Å²) in [7, 11) is 4.31. The topological polar surface area (TPSA) is 21.1 Å². The number of imidazole rings is 1. The third-order valence-corrected chi connectivity index (χ3v) is 5.42. The molecule has 1 aromatic carbocycles. The van der Waals surface area contributed by atoms with Crippen LogP contribution in [-0.2, 0) is 18.9 Å². The molecule has 0 N–H and O–H groups in total. The number of rotatable bonds is 6. The largest absolute Gasteiger partial charge is 0.338 e. The Hall–Kier alpha value is -1.61. The molecule has 0 radical (unpaired) electrons. The van der Waals surface area contributed by atoms with Crippen molar-refractivity contribution in [2.75, 3.05) is 20.1 Å². The Morgan fingerprint density at radius 3 is 2.45 bits per heavy atom. The van der Waals surface area contributed by atoms with Crippen LogP contribution in [0.3, 0.4) is 0 Å². The van der Waals surface area contributed by atoms with E-state index >= 15 is 0 Å². The van der Waals surface area contributed by atoms with Crippen LogP contribution in [0.4, 0.5) is 0 Å². The summed E-state index contributed by atoms with van der Waals surface area (Å²) in [5.41, 5.74) is 2.19. The van der Waals surface area contributed by atoms with Crippen LogP contribution in [0.1, 0.15) is 31.7 Å². The Morgan fingerprint density at radius 1 is 1.23 bits per heavy atom. The van der Waals surface area contributed by atoms with Crippen LogP contribution >= 0.6 is 0 Å². The molecule has 1 atom stereocenters. The van der Waals surface area contributed by atoms with Gasteiger partial charge in [-0.25, -0.2) is 4.98 Å². The first-order valence-electron chi connectivity index (χ1n) is 8.15. The Kier molecular flexibility index (Phi) is 3.85. The molecule has 3 nitrogen and oxygen atoms in total. The third kappa shape index (κ3) is 2.70. The van der Waals surface area contributed by atoms with Crippen molar-refractivity contribution in [3.8, 4) is 0 Å². The quantitative estimate of drug-likeness (QED) is 0.816. The average Bonchev–Trinajstić information content (AvgIpc) is 2.82. The highest BCUT2D eigenvalue weighted by atomic mass is 15.1. The number of hydrogen-bond acceptors (Lipinski definition) is 2. The maximum absolute atomic E-state index is 4.42. The van der Waals surface area contributed by atoms with Gasteiger partial charge in [-0.15, -0.1) is 0 Å². The molecule has 22 heavy (non-hydrogen) atoms. The summed E-state index contributed by atoms with van der Waals surface area (Å²) in [6.07, 6.45) is 6.18. The number of nitrogens with zero attached hydrogens (tertiary/aromatic N) is 3. The Morgan fingerprint density at radius 2 is 1.91 bits per heavy atom. The fourth-order valence-electron chi connectivity index (χ4n) is 3.79. The first-order chi connectivity index (χ1) is 10.4. The summed E-state index contributed by atoms with van der Waals surface area (Å²) in [5, 5.41) is 0. The lowest BCUT2D eigenvalue weighted by Gasteiger charge is -2.27. The molecule has 3 heteroatoms. The molecular formula is C19H27N3. The van der Waals surface area contributed by atoms with Crippen LogP contribution in [-0.4, -0.2) is 34.6 Å². The predicted octanol–water partition coefficient (Wildman–Crippen LogP) is 3.26. The zero-order valence-corrected chi connectivity index (χ0v) is 14.2. The number of aromatic nitrogens is 2. The molecule has 1 aliphatic rings. The Labute approximate surface area is 134 Å². The van der Waals surface area contributed by atoms with Crippen LogP contribution in [0.25, 0.3) is 0 Å². The van der Waals surface area contributed by atoms with Crippen LogP contribution in [0.5, 0.6) is 0 Å². The van der Waals surface area contributed by atoms with Gasteiger partial charge in [0.2, 0.25) is 0 Å². The van der Waals surface area contributed by atoms with Crippen molar-refractivity contribution in [3.63, 3.8) is 0 Å². The van der Waals surface area contributed by atoms with Crippen molar-refractivity contribution in [1.82, 2.24) is 14.5 Å². The molecular weight excluding hydrogens is 270 g/mol. The normalized spacial score (nSPS) is 23.0. The van der Waals surface area contributed by atoms with E-state index < -0.39 is 0 Å². The minimum Gasteiger partial charge on any atom is -0.338 e. The van der Waals surface area contributed by atoms with Crippen LogP contribution in [0.15, 0.2) is 42.7 Å². The monoisotopic (exact) mass is 297 g/mol. The van der Waals surface area contributed by atoms with Gasteiger partial charge in [-0.1, -0.05) is 44.2 Å². The average molecular weight is 297 g/mol. The lowest BCUT2D eigenvalue weighted by Crippen LogP contribution is -2.34. The molecule has 3 rings (SSSR count). The van der Waals surface area contributed by atoms with Crippen molar-refractivity contribution >= 4 is 0 Å². The fourth-order valence-corrected chi connectivity index (χ4v) is 3.79. The standard InChI is InChI=1S/C19H27N3/c1-18(2)14-19(18,16-8-6-5-7-9-16)15-21(3)12-10-17-20-11-13-22(17)4/h5-9,11,13H,10,12,14-15H2,1-4H3. The molecule has 0 aliphatic heterocycles. The fraction of sp³-hybridized carbons (Fsp3) is 0.526. The molecule has 1 heterocycles. The van der Waals surface area contributed by atoms with E-state index in [1.54, 1.807) is 0 Å². The molecule has 118 valence electrons. The van der Waals surface area contributed by atoms with Gasteiger partial charge in [0.25, 0.3) is 0 Å². The molecule has 0 spiro atoms. The van der Waals surface area contributed by atoms with Gasteiger partial charge in [0, 0.05) is 44.4 Å². The second-order valence-electron chi connectivity index (χ2n) is 7.45. The molecule has 2 aromatic rings. The van der Waals surface area contributed by atoms with E-state index in [1.807, 2.05) is 12.4 Å². The van der Waals surface area contributed by atoms with E-state index in [0.29, 0.717) is 10.8 Å². The lowest BCUT2D eigenvalue weighted by molar-refractivity contribution is 0.279. The number of likely N-dealkylation sites (N-methyl/N-ethyl adjacent to an activating group) is 1. The summed E-state index contributed by atoms with van der Waals surface area (Å²) in [4.78, 5) is 6.89. The zero-order valence-electron chi connectivity index (χ0n) is 14.2. The van der Waals surface area contributed by atoms with Gasteiger partial charge in [0.1, 0.15) is 5.82 Å². The Bertz CT molecular complexity index is 629. The maximum Gasteiger partial charge on any atom is 0.109 e. The van der Waals surface area contributed by atoms with E-state index in [0.717, 1.165) is 25.3 Å². The van der Waals surface area contributed by atoms with E-state index in [4.69, 9.17) is 0 Å². The van der Waals surface area contributed by atoms with Crippen molar-refractivity contribution < 1.29 is 0 Å². The van der Waals surface area contributed by atoms with Gasteiger partial charge in [-0.2, -0.15) is 0 Å². The highest BCUT2D eigenvalue weighted by Crippen LogP contribution is 2.64. The summed E-state index contributed by atoms with van der Waals surface area (Å²) in [6.45, 7) is 6.96. The highest BCUT2D eigenvalue weighted by molar-refractivity contribution is 5.37. The maximum atomic E-state index is 4.42. The van der Waals surface area contributed by atoms with E-state index in [2.05, 4.69) is 72.7 Å². The molecule has 0 saturated heterocycles. The predicted molar refractivity (Wildman–Crippen MR) is 90.9 cm³/mol. The van der Waals surface area contributed by atoms with Gasteiger partial charge in [-0.05, 0) is 24.4 Å². The first-order valence-corrected chi connectivity index (χ1v) is 8.15. The van der Waals surface area contributed by atoms with Crippen LogP contribution in [0, 0.1) is 5.41 Å². The van der Waals surface area contributed by atoms with E-state index in [9.17, 15) is 0 Å². The second-order valence-corrected chi connectivity index (χ2v) is 7.45. The molecule has 0 bridgehead atoms. The zero-order chi connectivity index (χ0) is 15.8. The molecule has 1 unspecified atom stereocenters. The van der Waals surface area contributed by atoms with Crippen LogP contribution < -0.4 is 0 Å². The van der Waals surface area contributed by atoms with E-state index in [-0.39, 0.29) is 0 Å². The molecule has 1 aromatic heterocycles. The smallest absolute Gasteiger partial charge is 0.109 e. The number of aryl methyl sites for hydroxylation is 1. The third-order valence-electron chi connectivity index (χ3n) is 5.42. The minimum atomic E-state index is 0.310. The molecule has 1 fully saturated rings. The van der Waals surface area contributed by atoms with Gasteiger partial charge in [-0.3, -0.25) is 0 Å². The first kappa shape index (κ1) is 15.3. The van der Waals surface area contributed by atoms with Crippen LogP contribution in [0.2, 0.25) is 0 Å². The minimum absolute atomic E-state index is 0.310. The van der Waals surface area contributed by atoms with E-state index in [1.165, 1.54) is 12.0 Å². The van der Waals surface area contributed by atoms with Crippen molar-refractivity contribution in [2.24, 2.45) is 12.5 Å². The summed E-state index contributed by atoms with van der Waals surface area (Å²) >= 11 is 0. The Balaban J connectivity index is 1.67.